The normalized spacial score (nSPS) is 15.7. The average Bonchev–Trinajstić information content (AvgIpc) is 3.14. The van der Waals surface area contributed by atoms with Crippen molar-refractivity contribution in [3.05, 3.63) is 42.0 Å². The molecule has 2 aromatic rings. The molecule has 10 nitrogen and oxygen atoms in total. The lowest BCUT2D eigenvalue weighted by Crippen LogP contribution is -2.53. The summed E-state index contributed by atoms with van der Waals surface area (Å²) in [5.74, 6) is 1.59. The molecular formula is C18H28IN7O3S. The van der Waals surface area contributed by atoms with Crippen molar-refractivity contribution in [3.63, 3.8) is 0 Å². The minimum absolute atomic E-state index is 0. The highest BCUT2D eigenvalue weighted by Gasteiger charge is 2.20. The van der Waals surface area contributed by atoms with Crippen LogP contribution in [0.4, 0.5) is 0 Å². The van der Waals surface area contributed by atoms with Crippen LogP contribution in [0, 0.1) is 6.92 Å². The summed E-state index contributed by atoms with van der Waals surface area (Å²) in [4.78, 5) is 12.8. The fourth-order valence-corrected chi connectivity index (χ4v) is 4.12. The first-order chi connectivity index (χ1) is 14.0. The Morgan fingerprint density at radius 1 is 1.27 bits per heavy atom. The summed E-state index contributed by atoms with van der Waals surface area (Å²) in [6.45, 7) is 6.79. The van der Waals surface area contributed by atoms with Crippen molar-refractivity contribution in [1.82, 2.24) is 30.0 Å². The van der Waals surface area contributed by atoms with Gasteiger partial charge in [0.15, 0.2) is 5.96 Å². The molecule has 2 aromatic heterocycles. The van der Waals surface area contributed by atoms with Crippen LogP contribution in [0.15, 0.2) is 45.0 Å². The Kier molecular flexibility index (Phi) is 9.45. The van der Waals surface area contributed by atoms with Gasteiger partial charge in [-0.3, -0.25) is 14.9 Å². The van der Waals surface area contributed by atoms with E-state index in [2.05, 4.69) is 35.0 Å². The van der Waals surface area contributed by atoms with Gasteiger partial charge in [-0.25, -0.2) is 13.1 Å². The van der Waals surface area contributed by atoms with Crippen molar-refractivity contribution in [1.29, 1.82) is 0 Å². The molecule has 1 aliphatic rings. The molecule has 0 bridgehead atoms. The van der Waals surface area contributed by atoms with Crippen molar-refractivity contribution in [2.24, 2.45) is 4.99 Å². The number of aromatic nitrogens is 2. The molecule has 0 spiro atoms. The summed E-state index contributed by atoms with van der Waals surface area (Å²) < 4.78 is 32.1. The Hall–Kier alpha value is -1.77. The average molecular weight is 549 g/mol. The van der Waals surface area contributed by atoms with Crippen LogP contribution in [0.25, 0.3) is 0 Å². The molecule has 0 atom stereocenters. The summed E-state index contributed by atoms with van der Waals surface area (Å²) in [7, 11) is -1.82. The molecule has 0 unspecified atom stereocenters. The number of aliphatic imine (C=N–C) groups is 1. The van der Waals surface area contributed by atoms with E-state index in [1.807, 2.05) is 13.0 Å². The lowest BCUT2D eigenvalue weighted by molar-refractivity contribution is 0.169. The van der Waals surface area contributed by atoms with Gasteiger partial charge in [0.1, 0.15) is 10.7 Å². The second-order valence-electron chi connectivity index (χ2n) is 6.75. The minimum Gasteiger partial charge on any atom is -0.361 e. The van der Waals surface area contributed by atoms with E-state index >= 15 is 0 Å². The van der Waals surface area contributed by atoms with Gasteiger partial charge in [-0.05, 0) is 19.1 Å². The zero-order valence-electron chi connectivity index (χ0n) is 17.1. The van der Waals surface area contributed by atoms with E-state index < -0.39 is 10.0 Å². The van der Waals surface area contributed by atoms with Gasteiger partial charge in [0, 0.05) is 71.3 Å². The predicted octanol–water partition coefficient (Wildman–Crippen LogP) is 0.668. The molecule has 0 saturated carbocycles. The first kappa shape index (κ1) is 24.5. The number of pyridine rings is 1. The number of nitrogens with zero attached hydrogens (tertiary/aromatic N) is 5. The fourth-order valence-electron chi connectivity index (χ4n) is 3.12. The van der Waals surface area contributed by atoms with Crippen LogP contribution < -0.4 is 10.0 Å². The molecule has 2 N–H and O–H groups in total. The van der Waals surface area contributed by atoms with Gasteiger partial charge in [0.25, 0.3) is 0 Å². The molecule has 0 amide bonds. The number of guanidine groups is 1. The molecule has 1 aliphatic heterocycles. The molecule has 1 fully saturated rings. The molecule has 0 aromatic carbocycles. The van der Waals surface area contributed by atoms with E-state index in [9.17, 15) is 8.42 Å². The number of hydrogen-bond acceptors (Lipinski definition) is 7. The van der Waals surface area contributed by atoms with E-state index in [0.29, 0.717) is 6.54 Å². The van der Waals surface area contributed by atoms with Gasteiger partial charge in [-0.15, -0.1) is 24.0 Å². The van der Waals surface area contributed by atoms with Gasteiger partial charge in [0.2, 0.25) is 10.0 Å². The van der Waals surface area contributed by atoms with Crippen LogP contribution in [0.2, 0.25) is 0 Å². The summed E-state index contributed by atoms with van der Waals surface area (Å²) in [5.41, 5.74) is 0.944. The summed E-state index contributed by atoms with van der Waals surface area (Å²) in [6, 6.07) is 5.07. The van der Waals surface area contributed by atoms with E-state index in [4.69, 9.17) is 4.52 Å². The smallest absolute Gasteiger partial charge is 0.242 e. The SMILES string of the molecule is CN=C(NCCNS(=O)(=O)c1cccnc1)N1CCN(Cc2cc(C)on2)CC1.I. The van der Waals surface area contributed by atoms with Crippen LogP contribution >= 0.6 is 24.0 Å². The number of sulfonamides is 1. The van der Waals surface area contributed by atoms with Gasteiger partial charge in [-0.2, -0.15) is 0 Å². The molecule has 166 valence electrons. The highest BCUT2D eigenvalue weighted by Crippen LogP contribution is 2.09. The summed E-state index contributed by atoms with van der Waals surface area (Å²) in [6.07, 6.45) is 2.87. The van der Waals surface area contributed by atoms with Crippen molar-refractivity contribution in [2.45, 2.75) is 18.4 Å². The zero-order valence-corrected chi connectivity index (χ0v) is 20.3. The van der Waals surface area contributed by atoms with Crippen molar-refractivity contribution in [3.8, 4) is 0 Å². The monoisotopic (exact) mass is 549 g/mol. The summed E-state index contributed by atoms with van der Waals surface area (Å²) >= 11 is 0. The minimum atomic E-state index is -3.55. The Bertz CT molecular complexity index is 913. The van der Waals surface area contributed by atoms with Crippen molar-refractivity contribution in [2.75, 3.05) is 46.3 Å². The van der Waals surface area contributed by atoms with E-state index in [1.54, 1.807) is 13.1 Å². The molecule has 0 radical (unpaired) electrons. The quantitative estimate of drug-likeness (QED) is 0.224. The largest absolute Gasteiger partial charge is 0.361 e. The van der Waals surface area contributed by atoms with Crippen molar-refractivity contribution < 1.29 is 12.9 Å². The third-order valence-corrected chi connectivity index (χ3v) is 6.04. The number of rotatable bonds is 7. The molecule has 12 heteroatoms. The lowest BCUT2D eigenvalue weighted by atomic mass is 10.3. The standard InChI is InChI=1S/C18H27N7O3S.HI/c1-15-12-16(23-28-15)14-24-8-10-25(11-9-24)18(19-2)21-6-7-22-29(26,27)17-4-3-5-20-13-17;/h3-5,12-13,22H,6-11,14H2,1-2H3,(H,19,21);1H. The molecule has 1 saturated heterocycles. The number of aryl methyl sites for hydroxylation is 1. The van der Waals surface area contributed by atoms with Crippen LogP contribution in [-0.2, 0) is 16.6 Å². The third-order valence-electron chi connectivity index (χ3n) is 4.59. The molecule has 3 heterocycles. The lowest BCUT2D eigenvalue weighted by Gasteiger charge is -2.36. The predicted molar refractivity (Wildman–Crippen MR) is 124 cm³/mol. The maximum atomic E-state index is 12.2. The number of hydrogen-bond donors (Lipinski definition) is 2. The van der Waals surface area contributed by atoms with E-state index in [-0.39, 0.29) is 35.4 Å². The first-order valence-corrected chi connectivity index (χ1v) is 11.0. The number of piperazine rings is 1. The molecule has 3 rings (SSSR count). The van der Waals surface area contributed by atoms with E-state index in [0.717, 1.165) is 50.1 Å². The second kappa shape index (κ2) is 11.6. The topological polar surface area (TPSA) is 116 Å². The highest BCUT2D eigenvalue weighted by atomic mass is 127. The van der Waals surface area contributed by atoms with Gasteiger partial charge in [0.05, 0.1) is 5.69 Å². The van der Waals surface area contributed by atoms with Gasteiger partial charge in [-0.1, -0.05) is 5.16 Å². The van der Waals surface area contributed by atoms with Crippen LogP contribution in [0.3, 0.4) is 0 Å². The van der Waals surface area contributed by atoms with Crippen LogP contribution in [0.5, 0.6) is 0 Å². The maximum Gasteiger partial charge on any atom is 0.242 e. The Morgan fingerprint density at radius 2 is 2.03 bits per heavy atom. The zero-order chi connectivity index (χ0) is 20.7. The van der Waals surface area contributed by atoms with Gasteiger partial charge >= 0.3 is 0 Å². The van der Waals surface area contributed by atoms with Crippen molar-refractivity contribution >= 4 is 40.0 Å². The molecular weight excluding hydrogens is 521 g/mol. The van der Waals surface area contributed by atoms with Gasteiger partial charge < -0.3 is 14.7 Å². The molecule has 0 aliphatic carbocycles. The Labute approximate surface area is 194 Å². The number of nitrogens with one attached hydrogen (secondary N) is 2. The fraction of sp³-hybridized carbons (Fsp3) is 0.500. The summed E-state index contributed by atoms with van der Waals surface area (Å²) in [5, 5.41) is 7.26. The second-order valence-corrected chi connectivity index (χ2v) is 8.52. The Balaban J connectivity index is 0.00000320. The van der Waals surface area contributed by atoms with E-state index in [1.165, 1.54) is 18.5 Å². The first-order valence-electron chi connectivity index (χ1n) is 9.48. The highest BCUT2D eigenvalue weighted by molar-refractivity contribution is 14.0. The van der Waals surface area contributed by atoms with Crippen LogP contribution in [0.1, 0.15) is 11.5 Å². The van der Waals surface area contributed by atoms with Crippen LogP contribution in [-0.4, -0.2) is 80.6 Å². The maximum absolute atomic E-state index is 12.2. The number of halogens is 1. The third kappa shape index (κ3) is 6.89. The Morgan fingerprint density at radius 3 is 2.63 bits per heavy atom. The molecule has 30 heavy (non-hydrogen) atoms.